The minimum Gasteiger partial charge on any atom is -0.371 e. The largest absolute Gasteiger partial charge is 0.411 e. The molecule has 0 amide bonds. The summed E-state index contributed by atoms with van der Waals surface area (Å²) in [4.78, 5) is 0. The monoisotopic (exact) mass is 255 g/mol. The molecule has 0 bridgehead atoms. The van der Waals surface area contributed by atoms with Crippen molar-refractivity contribution >= 4 is 0 Å². The Labute approximate surface area is 99.7 Å². The van der Waals surface area contributed by atoms with E-state index in [9.17, 15) is 13.2 Å². The summed E-state index contributed by atoms with van der Waals surface area (Å²) in [5.74, 6) is 0. The van der Waals surface area contributed by atoms with Crippen LogP contribution in [0.2, 0.25) is 0 Å². The minimum atomic E-state index is -4.24. The predicted octanol–water partition coefficient (Wildman–Crippen LogP) is 2.11. The van der Waals surface area contributed by atoms with Gasteiger partial charge in [-0.15, -0.1) is 0 Å². The zero-order valence-electron chi connectivity index (χ0n) is 10.3. The molecule has 0 aromatic rings. The van der Waals surface area contributed by atoms with Gasteiger partial charge in [0.1, 0.15) is 6.61 Å². The van der Waals surface area contributed by atoms with Gasteiger partial charge in [0.2, 0.25) is 0 Å². The number of hydrogen-bond acceptors (Lipinski definition) is 3. The summed E-state index contributed by atoms with van der Waals surface area (Å²) < 4.78 is 45.4. The minimum absolute atomic E-state index is 0.0651. The highest BCUT2D eigenvalue weighted by Gasteiger charge is 2.31. The summed E-state index contributed by atoms with van der Waals surface area (Å²) in [5.41, 5.74) is -0.0703. The fourth-order valence-electron chi connectivity index (χ4n) is 1.82. The molecule has 1 aliphatic rings. The quantitative estimate of drug-likeness (QED) is 0.737. The van der Waals surface area contributed by atoms with Crippen LogP contribution in [0.3, 0.4) is 0 Å². The van der Waals surface area contributed by atoms with Crippen molar-refractivity contribution in [2.45, 2.75) is 44.6 Å². The molecule has 0 radical (unpaired) electrons. The maximum absolute atomic E-state index is 11.7. The van der Waals surface area contributed by atoms with Crippen LogP contribution in [0.5, 0.6) is 0 Å². The smallest absolute Gasteiger partial charge is 0.371 e. The summed E-state index contributed by atoms with van der Waals surface area (Å²) in [5, 5.41) is 3.03. The van der Waals surface area contributed by atoms with Gasteiger partial charge >= 0.3 is 6.18 Å². The number of halogens is 3. The summed E-state index contributed by atoms with van der Waals surface area (Å²) >= 11 is 0. The van der Waals surface area contributed by atoms with Crippen LogP contribution in [0, 0.1) is 0 Å². The van der Waals surface area contributed by atoms with Gasteiger partial charge in [-0.3, -0.25) is 0 Å². The highest BCUT2D eigenvalue weighted by atomic mass is 19.4. The number of alkyl halides is 3. The van der Waals surface area contributed by atoms with Gasteiger partial charge in [-0.1, -0.05) is 0 Å². The van der Waals surface area contributed by atoms with Crippen molar-refractivity contribution in [1.82, 2.24) is 5.32 Å². The lowest BCUT2D eigenvalue weighted by molar-refractivity contribution is -0.173. The molecule has 1 fully saturated rings. The van der Waals surface area contributed by atoms with Crippen molar-refractivity contribution in [3.05, 3.63) is 0 Å². The highest BCUT2D eigenvalue weighted by Crippen LogP contribution is 2.28. The van der Waals surface area contributed by atoms with Crippen molar-refractivity contribution in [2.24, 2.45) is 0 Å². The lowest BCUT2D eigenvalue weighted by atomic mass is 10.1. The molecule has 0 aliphatic carbocycles. The lowest BCUT2D eigenvalue weighted by Crippen LogP contribution is -2.32. The van der Waals surface area contributed by atoms with E-state index < -0.39 is 12.8 Å². The Kier molecular flexibility index (Phi) is 5.22. The first-order valence-corrected chi connectivity index (χ1v) is 5.81. The second-order valence-corrected chi connectivity index (χ2v) is 4.91. The Morgan fingerprint density at radius 3 is 2.65 bits per heavy atom. The maximum Gasteiger partial charge on any atom is 0.411 e. The van der Waals surface area contributed by atoms with Crippen LogP contribution in [0.4, 0.5) is 13.2 Å². The molecule has 1 heterocycles. The summed E-state index contributed by atoms with van der Waals surface area (Å²) in [6.07, 6.45) is -2.07. The van der Waals surface area contributed by atoms with Gasteiger partial charge in [0.25, 0.3) is 0 Å². The zero-order valence-corrected chi connectivity index (χ0v) is 10.3. The van der Waals surface area contributed by atoms with Crippen LogP contribution in [-0.4, -0.2) is 44.2 Å². The molecule has 0 saturated carbocycles. The SMILES string of the molecule is CC1(C)CCC(CNCCOCC(F)(F)F)O1. The fraction of sp³-hybridized carbons (Fsp3) is 1.00. The Morgan fingerprint density at radius 1 is 1.41 bits per heavy atom. The maximum atomic E-state index is 11.7. The number of nitrogens with one attached hydrogen (secondary N) is 1. The van der Waals surface area contributed by atoms with E-state index in [1.165, 1.54) is 0 Å². The fourth-order valence-corrected chi connectivity index (χ4v) is 1.82. The lowest BCUT2D eigenvalue weighted by Gasteiger charge is -2.19. The number of ether oxygens (including phenoxy) is 2. The molecule has 1 saturated heterocycles. The Morgan fingerprint density at radius 2 is 2.12 bits per heavy atom. The van der Waals surface area contributed by atoms with Crippen molar-refractivity contribution in [3.8, 4) is 0 Å². The van der Waals surface area contributed by atoms with Crippen LogP contribution in [0.25, 0.3) is 0 Å². The molecule has 1 N–H and O–H groups in total. The van der Waals surface area contributed by atoms with Crippen LogP contribution in [-0.2, 0) is 9.47 Å². The van der Waals surface area contributed by atoms with E-state index in [0.29, 0.717) is 13.1 Å². The molecule has 1 unspecified atom stereocenters. The van der Waals surface area contributed by atoms with Crippen LogP contribution < -0.4 is 5.32 Å². The number of rotatable bonds is 6. The van der Waals surface area contributed by atoms with Gasteiger partial charge in [0.15, 0.2) is 0 Å². The van der Waals surface area contributed by atoms with E-state index in [1.807, 2.05) is 13.8 Å². The van der Waals surface area contributed by atoms with Gasteiger partial charge in [0.05, 0.1) is 18.3 Å². The molecule has 0 aromatic heterocycles. The van der Waals surface area contributed by atoms with Crippen molar-refractivity contribution in [1.29, 1.82) is 0 Å². The van der Waals surface area contributed by atoms with E-state index in [-0.39, 0.29) is 18.3 Å². The summed E-state index contributed by atoms with van der Waals surface area (Å²) in [6.45, 7) is 4.05. The average Bonchev–Trinajstić information content (AvgIpc) is 2.50. The molecule has 1 rings (SSSR count). The van der Waals surface area contributed by atoms with E-state index in [2.05, 4.69) is 10.1 Å². The Balaban J connectivity index is 1.95. The second kappa shape index (κ2) is 6.02. The Hall–Kier alpha value is -0.330. The Bertz CT molecular complexity index is 231. The molecule has 3 nitrogen and oxygen atoms in total. The van der Waals surface area contributed by atoms with Gasteiger partial charge < -0.3 is 14.8 Å². The highest BCUT2D eigenvalue weighted by molar-refractivity contribution is 4.81. The first-order valence-electron chi connectivity index (χ1n) is 5.81. The molecule has 17 heavy (non-hydrogen) atoms. The first-order chi connectivity index (χ1) is 7.79. The molecule has 102 valence electrons. The third kappa shape index (κ3) is 6.85. The molecular weight excluding hydrogens is 235 g/mol. The predicted molar refractivity (Wildman–Crippen MR) is 57.9 cm³/mol. The molecule has 6 heteroatoms. The molecule has 0 aromatic carbocycles. The van der Waals surface area contributed by atoms with Gasteiger partial charge in [-0.05, 0) is 26.7 Å². The van der Waals surface area contributed by atoms with Crippen molar-refractivity contribution in [2.75, 3.05) is 26.3 Å². The molecular formula is C11H20F3NO2. The van der Waals surface area contributed by atoms with Crippen molar-refractivity contribution < 1.29 is 22.6 Å². The second-order valence-electron chi connectivity index (χ2n) is 4.91. The third-order valence-corrected chi connectivity index (χ3v) is 2.61. The van der Waals surface area contributed by atoms with E-state index in [4.69, 9.17) is 4.74 Å². The topological polar surface area (TPSA) is 30.5 Å². The van der Waals surface area contributed by atoms with Crippen LogP contribution in [0.15, 0.2) is 0 Å². The van der Waals surface area contributed by atoms with E-state index in [1.54, 1.807) is 0 Å². The van der Waals surface area contributed by atoms with Crippen LogP contribution >= 0.6 is 0 Å². The molecule has 1 aliphatic heterocycles. The van der Waals surface area contributed by atoms with Crippen molar-refractivity contribution in [3.63, 3.8) is 0 Å². The summed E-state index contributed by atoms with van der Waals surface area (Å²) in [6, 6.07) is 0. The van der Waals surface area contributed by atoms with Gasteiger partial charge in [-0.2, -0.15) is 13.2 Å². The zero-order chi connectivity index (χ0) is 12.9. The normalized spacial score (nSPS) is 24.2. The van der Waals surface area contributed by atoms with E-state index in [0.717, 1.165) is 12.8 Å². The summed E-state index contributed by atoms with van der Waals surface area (Å²) in [7, 11) is 0. The average molecular weight is 255 g/mol. The first kappa shape index (κ1) is 14.7. The molecule has 0 spiro atoms. The van der Waals surface area contributed by atoms with E-state index >= 15 is 0 Å². The van der Waals surface area contributed by atoms with Gasteiger partial charge in [-0.25, -0.2) is 0 Å². The van der Waals surface area contributed by atoms with Gasteiger partial charge in [0, 0.05) is 13.1 Å². The standard InChI is InChI=1S/C11H20F3NO2/c1-10(2)4-3-9(17-10)7-15-5-6-16-8-11(12,13)14/h9,15H,3-8H2,1-2H3. The van der Waals surface area contributed by atoms with Crippen LogP contribution in [0.1, 0.15) is 26.7 Å². The number of hydrogen-bond donors (Lipinski definition) is 1. The molecule has 1 atom stereocenters. The third-order valence-electron chi connectivity index (χ3n) is 2.61.